The van der Waals surface area contributed by atoms with Gasteiger partial charge in [0.15, 0.2) is 0 Å². The lowest BCUT2D eigenvalue weighted by molar-refractivity contribution is -0.130. The highest BCUT2D eigenvalue weighted by Gasteiger charge is 2.44. The van der Waals surface area contributed by atoms with Crippen molar-refractivity contribution in [3.05, 3.63) is 59.7 Å². The zero-order valence-electron chi connectivity index (χ0n) is 16.4. The fraction of sp³-hybridized carbons (Fsp3) is 0.333. The van der Waals surface area contributed by atoms with E-state index in [4.69, 9.17) is 4.74 Å². The minimum atomic E-state index is -4.07. The molecule has 2 amide bonds. The van der Waals surface area contributed by atoms with Crippen LogP contribution in [0.25, 0.3) is 0 Å². The maximum atomic E-state index is 12.9. The smallest absolute Gasteiger partial charge is 0.267 e. The van der Waals surface area contributed by atoms with Gasteiger partial charge < -0.3 is 10.1 Å². The predicted octanol–water partition coefficient (Wildman–Crippen LogP) is 2.04. The van der Waals surface area contributed by atoms with E-state index < -0.39 is 27.9 Å². The summed E-state index contributed by atoms with van der Waals surface area (Å²) in [6, 6.07) is 12.7. The van der Waals surface area contributed by atoms with Crippen LogP contribution in [-0.2, 0) is 26.0 Å². The second kappa shape index (κ2) is 8.65. The van der Waals surface area contributed by atoms with Gasteiger partial charge in [0.25, 0.3) is 10.0 Å². The van der Waals surface area contributed by atoms with Crippen molar-refractivity contribution < 1.29 is 22.7 Å². The number of carbonyl (C=O) groups excluding carboxylic acids is 2. The number of carbonyl (C=O) groups is 2. The van der Waals surface area contributed by atoms with Crippen molar-refractivity contribution in [3.8, 4) is 5.75 Å². The lowest BCUT2D eigenvalue weighted by Gasteiger charge is -2.23. The Morgan fingerprint density at radius 3 is 2.41 bits per heavy atom. The molecular weight excluding hydrogens is 392 g/mol. The third-order valence-electron chi connectivity index (χ3n) is 4.91. The van der Waals surface area contributed by atoms with Gasteiger partial charge >= 0.3 is 0 Å². The standard InChI is InChI=1S/C21H24N2O5S/c1-15-3-9-18(10-4-15)29(26,27)23-19(11-12-20(23)24)21(25)22-14-13-16-5-7-17(28-2)8-6-16/h3-10,19H,11-14H2,1-2H3,(H,22,25)/t19-/m1/s1. The molecule has 1 fully saturated rings. The van der Waals surface area contributed by atoms with Crippen LogP contribution in [-0.4, -0.2) is 44.2 Å². The monoisotopic (exact) mass is 416 g/mol. The lowest BCUT2D eigenvalue weighted by atomic mass is 10.1. The van der Waals surface area contributed by atoms with Crippen molar-refractivity contribution in [3.63, 3.8) is 0 Å². The number of ether oxygens (including phenoxy) is 1. The molecule has 3 rings (SSSR count). The van der Waals surface area contributed by atoms with Crippen LogP contribution in [0.15, 0.2) is 53.4 Å². The Labute approximate surface area is 170 Å². The van der Waals surface area contributed by atoms with Crippen molar-refractivity contribution in [1.82, 2.24) is 9.62 Å². The summed E-state index contributed by atoms with van der Waals surface area (Å²) >= 11 is 0. The summed E-state index contributed by atoms with van der Waals surface area (Å²) in [4.78, 5) is 24.9. The molecule has 1 aliphatic rings. The Kier molecular flexibility index (Phi) is 6.22. The molecule has 0 aromatic heterocycles. The number of benzene rings is 2. The fourth-order valence-corrected chi connectivity index (χ4v) is 4.87. The molecule has 1 atom stereocenters. The van der Waals surface area contributed by atoms with Gasteiger partial charge in [-0.15, -0.1) is 0 Å². The number of methoxy groups -OCH3 is 1. The van der Waals surface area contributed by atoms with Crippen molar-refractivity contribution in [2.75, 3.05) is 13.7 Å². The Hall–Kier alpha value is -2.87. The summed E-state index contributed by atoms with van der Waals surface area (Å²) < 4.78 is 31.7. The highest BCUT2D eigenvalue weighted by molar-refractivity contribution is 7.89. The van der Waals surface area contributed by atoms with Gasteiger partial charge in [0, 0.05) is 13.0 Å². The average molecular weight is 416 g/mol. The summed E-state index contributed by atoms with van der Waals surface area (Å²) in [6.45, 7) is 2.19. The molecule has 1 aliphatic heterocycles. The van der Waals surface area contributed by atoms with Crippen LogP contribution < -0.4 is 10.1 Å². The summed E-state index contributed by atoms with van der Waals surface area (Å²) in [5.74, 6) is -0.264. The molecule has 154 valence electrons. The van der Waals surface area contributed by atoms with E-state index in [1.165, 1.54) is 12.1 Å². The van der Waals surface area contributed by atoms with E-state index in [0.29, 0.717) is 13.0 Å². The van der Waals surface area contributed by atoms with E-state index in [1.807, 2.05) is 31.2 Å². The number of aryl methyl sites for hydroxylation is 1. The number of sulfonamides is 1. The average Bonchev–Trinajstić information content (AvgIpc) is 3.11. The van der Waals surface area contributed by atoms with Crippen molar-refractivity contribution in [2.45, 2.75) is 37.1 Å². The Morgan fingerprint density at radius 2 is 1.79 bits per heavy atom. The third-order valence-corrected chi connectivity index (χ3v) is 6.76. The molecule has 0 aliphatic carbocycles. The van der Waals surface area contributed by atoms with E-state index in [2.05, 4.69) is 5.32 Å². The number of rotatable bonds is 7. The Morgan fingerprint density at radius 1 is 1.14 bits per heavy atom. The number of hydrogen-bond acceptors (Lipinski definition) is 5. The van der Waals surface area contributed by atoms with Gasteiger partial charge in [-0.1, -0.05) is 29.8 Å². The van der Waals surface area contributed by atoms with Crippen LogP contribution in [0, 0.1) is 6.92 Å². The van der Waals surface area contributed by atoms with E-state index in [-0.39, 0.29) is 17.7 Å². The van der Waals surface area contributed by atoms with Gasteiger partial charge in [-0.2, -0.15) is 0 Å². The topological polar surface area (TPSA) is 92.8 Å². The highest BCUT2D eigenvalue weighted by atomic mass is 32.2. The summed E-state index contributed by atoms with van der Waals surface area (Å²) in [5, 5.41) is 2.76. The van der Waals surface area contributed by atoms with Gasteiger partial charge in [-0.25, -0.2) is 12.7 Å². The first-order chi connectivity index (χ1) is 13.8. The van der Waals surface area contributed by atoms with Crippen molar-refractivity contribution in [1.29, 1.82) is 0 Å². The molecule has 0 radical (unpaired) electrons. The maximum absolute atomic E-state index is 12.9. The fourth-order valence-electron chi connectivity index (χ4n) is 3.26. The molecule has 2 aromatic carbocycles. The van der Waals surface area contributed by atoms with Crippen LogP contribution >= 0.6 is 0 Å². The molecule has 0 spiro atoms. The molecule has 1 saturated heterocycles. The number of hydrogen-bond donors (Lipinski definition) is 1. The molecule has 0 bridgehead atoms. The molecule has 8 heteroatoms. The van der Waals surface area contributed by atoms with Gasteiger partial charge in [-0.3, -0.25) is 9.59 Å². The molecule has 1 heterocycles. The first-order valence-corrected chi connectivity index (χ1v) is 10.8. The molecule has 0 saturated carbocycles. The first-order valence-electron chi connectivity index (χ1n) is 9.37. The molecule has 2 aromatic rings. The molecular formula is C21H24N2O5S. The van der Waals surface area contributed by atoms with Crippen molar-refractivity contribution >= 4 is 21.8 Å². The van der Waals surface area contributed by atoms with Gasteiger partial charge in [0.2, 0.25) is 11.8 Å². The Balaban J connectivity index is 1.67. The number of nitrogens with one attached hydrogen (secondary N) is 1. The quantitative estimate of drug-likeness (QED) is 0.746. The van der Waals surface area contributed by atoms with Crippen LogP contribution in [0.5, 0.6) is 5.75 Å². The van der Waals surface area contributed by atoms with Gasteiger partial charge in [-0.05, 0) is 49.6 Å². The van der Waals surface area contributed by atoms with Crippen LogP contribution in [0.2, 0.25) is 0 Å². The Bertz CT molecular complexity index is 985. The van der Waals surface area contributed by atoms with Crippen molar-refractivity contribution in [2.24, 2.45) is 0 Å². The van der Waals surface area contributed by atoms with Crippen LogP contribution in [0.3, 0.4) is 0 Å². The van der Waals surface area contributed by atoms with Gasteiger partial charge in [0.05, 0.1) is 12.0 Å². The second-order valence-electron chi connectivity index (χ2n) is 6.95. The molecule has 7 nitrogen and oxygen atoms in total. The number of nitrogens with zero attached hydrogens (tertiary/aromatic N) is 1. The lowest BCUT2D eigenvalue weighted by Crippen LogP contribution is -2.47. The van der Waals surface area contributed by atoms with Crippen LogP contribution in [0.4, 0.5) is 0 Å². The zero-order chi connectivity index (χ0) is 21.0. The normalized spacial score (nSPS) is 16.7. The summed E-state index contributed by atoms with van der Waals surface area (Å²) in [6.07, 6.45) is 0.793. The van der Waals surface area contributed by atoms with E-state index >= 15 is 0 Å². The predicted molar refractivity (Wildman–Crippen MR) is 108 cm³/mol. The maximum Gasteiger partial charge on any atom is 0.267 e. The zero-order valence-corrected chi connectivity index (χ0v) is 17.2. The number of amides is 2. The van der Waals surface area contributed by atoms with E-state index in [0.717, 1.165) is 21.2 Å². The minimum Gasteiger partial charge on any atom is -0.497 e. The SMILES string of the molecule is COc1ccc(CCNC(=O)[C@H]2CCC(=O)N2S(=O)(=O)c2ccc(C)cc2)cc1. The van der Waals surface area contributed by atoms with Crippen LogP contribution in [0.1, 0.15) is 24.0 Å². The molecule has 29 heavy (non-hydrogen) atoms. The van der Waals surface area contributed by atoms with Gasteiger partial charge in [0.1, 0.15) is 11.8 Å². The molecule has 0 unspecified atom stereocenters. The summed E-state index contributed by atoms with van der Waals surface area (Å²) in [5.41, 5.74) is 1.92. The van der Waals surface area contributed by atoms with E-state index in [9.17, 15) is 18.0 Å². The second-order valence-corrected chi connectivity index (χ2v) is 8.77. The highest BCUT2D eigenvalue weighted by Crippen LogP contribution is 2.27. The summed E-state index contributed by atoms with van der Waals surface area (Å²) in [7, 11) is -2.48. The largest absolute Gasteiger partial charge is 0.497 e. The third kappa shape index (κ3) is 4.59. The molecule has 1 N–H and O–H groups in total. The minimum absolute atomic E-state index is 0.00869. The first kappa shape index (κ1) is 20.9. The van der Waals surface area contributed by atoms with E-state index in [1.54, 1.807) is 19.2 Å².